The summed E-state index contributed by atoms with van der Waals surface area (Å²) in [4.78, 5) is 27.0. The highest BCUT2D eigenvalue weighted by molar-refractivity contribution is 6.04. The van der Waals surface area contributed by atoms with Crippen LogP contribution in [-0.4, -0.2) is 47.6 Å². The molecule has 0 unspecified atom stereocenters. The summed E-state index contributed by atoms with van der Waals surface area (Å²) in [6.45, 7) is 4.11. The summed E-state index contributed by atoms with van der Waals surface area (Å²) >= 11 is 0. The maximum absolute atomic E-state index is 12.6. The molecular formula is C22H27N3O3. The molecule has 0 aromatic heterocycles. The number of piperidine rings is 1. The first-order valence-corrected chi connectivity index (χ1v) is 9.64. The number of aryl methyl sites for hydroxylation is 1. The van der Waals surface area contributed by atoms with Gasteiger partial charge in [-0.2, -0.15) is 0 Å². The predicted molar refractivity (Wildman–Crippen MR) is 109 cm³/mol. The molecule has 1 saturated heterocycles. The van der Waals surface area contributed by atoms with E-state index in [9.17, 15) is 14.7 Å². The first-order chi connectivity index (χ1) is 13.5. The number of para-hydroxylation sites is 1. The lowest BCUT2D eigenvalue weighted by atomic mass is 10.1. The molecule has 0 bridgehead atoms. The van der Waals surface area contributed by atoms with Crippen molar-refractivity contribution in [2.24, 2.45) is 0 Å². The minimum atomic E-state index is -0.266. The zero-order valence-electron chi connectivity index (χ0n) is 16.1. The molecule has 3 N–H and O–H groups in total. The molecule has 1 fully saturated rings. The van der Waals surface area contributed by atoms with Crippen LogP contribution in [0.5, 0.6) is 0 Å². The minimum Gasteiger partial charge on any atom is -0.393 e. The minimum absolute atomic E-state index is 0.157. The Morgan fingerprint density at radius 3 is 2.46 bits per heavy atom. The average Bonchev–Trinajstić information content (AvgIpc) is 2.69. The van der Waals surface area contributed by atoms with Crippen LogP contribution in [0.25, 0.3) is 0 Å². The van der Waals surface area contributed by atoms with Crippen molar-refractivity contribution in [2.75, 3.05) is 25.0 Å². The molecule has 0 spiro atoms. The quantitative estimate of drug-likeness (QED) is 0.717. The van der Waals surface area contributed by atoms with Gasteiger partial charge >= 0.3 is 0 Å². The molecular weight excluding hydrogens is 354 g/mol. The molecule has 6 heteroatoms. The number of carbonyl (C=O) groups excluding carboxylic acids is 2. The molecule has 1 aliphatic heterocycles. The van der Waals surface area contributed by atoms with E-state index in [0.717, 1.165) is 5.56 Å². The maximum atomic E-state index is 12.6. The number of hydrogen-bond donors (Lipinski definition) is 3. The maximum Gasteiger partial charge on any atom is 0.253 e. The van der Waals surface area contributed by atoms with Crippen LogP contribution < -0.4 is 10.6 Å². The van der Waals surface area contributed by atoms with Gasteiger partial charge in [0.2, 0.25) is 5.91 Å². The highest BCUT2D eigenvalue weighted by Gasteiger charge is 2.20. The fourth-order valence-electron chi connectivity index (χ4n) is 3.24. The van der Waals surface area contributed by atoms with Crippen LogP contribution in [0.2, 0.25) is 0 Å². The summed E-state index contributed by atoms with van der Waals surface area (Å²) < 4.78 is 0. The predicted octanol–water partition coefficient (Wildman–Crippen LogP) is 2.32. The second kappa shape index (κ2) is 9.48. The van der Waals surface area contributed by atoms with E-state index < -0.39 is 0 Å². The van der Waals surface area contributed by atoms with Crippen molar-refractivity contribution in [2.45, 2.75) is 32.4 Å². The Labute approximate surface area is 165 Å². The molecule has 0 atom stereocenters. The summed E-state index contributed by atoms with van der Waals surface area (Å²) in [7, 11) is 0. The number of aliphatic hydroxyl groups is 1. The van der Waals surface area contributed by atoms with Gasteiger partial charge in [0, 0.05) is 19.6 Å². The molecule has 1 heterocycles. The molecule has 3 rings (SSSR count). The second-order valence-electron chi connectivity index (χ2n) is 7.27. The van der Waals surface area contributed by atoms with Gasteiger partial charge in [0.1, 0.15) is 0 Å². The Morgan fingerprint density at radius 2 is 1.75 bits per heavy atom. The van der Waals surface area contributed by atoms with Gasteiger partial charge in [-0.05, 0) is 37.5 Å². The molecule has 0 radical (unpaired) electrons. The lowest BCUT2D eigenvalue weighted by Crippen LogP contribution is -2.40. The van der Waals surface area contributed by atoms with Gasteiger partial charge in [-0.3, -0.25) is 14.5 Å². The summed E-state index contributed by atoms with van der Waals surface area (Å²) in [6.07, 6.45) is 1.11. The standard InChI is InChI=1S/C22H27N3O3/c1-16-6-8-17(9-7-16)14-23-22(28)19-4-2-3-5-20(19)24-21(27)15-25-12-10-18(26)11-13-25/h2-9,18,26H,10-15H2,1H3,(H,23,28)(H,24,27). The Kier molecular flexibility index (Phi) is 6.79. The fourth-order valence-corrected chi connectivity index (χ4v) is 3.24. The van der Waals surface area contributed by atoms with Crippen molar-refractivity contribution in [1.82, 2.24) is 10.2 Å². The zero-order valence-corrected chi connectivity index (χ0v) is 16.1. The van der Waals surface area contributed by atoms with E-state index in [-0.39, 0.29) is 24.5 Å². The van der Waals surface area contributed by atoms with Gasteiger partial charge in [0.15, 0.2) is 0 Å². The van der Waals surface area contributed by atoms with Crippen molar-refractivity contribution < 1.29 is 14.7 Å². The van der Waals surface area contributed by atoms with Crippen LogP contribution in [0, 0.1) is 6.92 Å². The van der Waals surface area contributed by atoms with Gasteiger partial charge in [-0.15, -0.1) is 0 Å². The SMILES string of the molecule is Cc1ccc(CNC(=O)c2ccccc2NC(=O)CN2CCC(O)CC2)cc1. The topological polar surface area (TPSA) is 81.7 Å². The lowest BCUT2D eigenvalue weighted by Gasteiger charge is -2.28. The highest BCUT2D eigenvalue weighted by atomic mass is 16.3. The average molecular weight is 381 g/mol. The van der Waals surface area contributed by atoms with E-state index in [1.165, 1.54) is 5.56 Å². The number of rotatable bonds is 6. The van der Waals surface area contributed by atoms with Crippen molar-refractivity contribution in [3.05, 3.63) is 65.2 Å². The number of nitrogens with zero attached hydrogens (tertiary/aromatic N) is 1. The Hall–Kier alpha value is -2.70. The number of carbonyl (C=O) groups is 2. The third-order valence-electron chi connectivity index (χ3n) is 4.94. The number of nitrogens with one attached hydrogen (secondary N) is 2. The molecule has 2 amide bonds. The summed E-state index contributed by atoms with van der Waals surface area (Å²) in [5.74, 6) is -0.382. The normalized spacial score (nSPS) is 15.2. The van der Waals surface area contributed by atoms with Crippen LogP contribution in [0.15, 0.2) is 48.5 Å². The summed E-state index contributed by atoms with van der Waals surface area (Å²) in [6, 6.07) is 15.0. The summed E-state index contributed by atoms with van der Waals surface area (Å²) in [5.41, 5.74) is 3.14. The van der Waals surface area contributed by atoms with E-state index >= 15 is 0 Å². The molecule has 28 heavy (non-hydrogen) atoms. The first kappa shape index (κ1) is 20.0. The molecule has 2 aromatic rings. The number of likely N-dealkylation sites (tertiary alicyclic amines) is 1. The van der Waals surface area contributed by atoms with Crippen molar-refractivity contribution in [1.29, 1.82) is 0 Å². The van der Waals surface area contributed by atoms with Crippen LogP contribution in [0.3, 0.4) is 0 Å². The molecule has 2 aromatic carbocycles. The lowest BCUT2D eigenvalue weighted by molar-refractivity contribution is -0.117. The number of aliphatic hydroxyl groups excluding tert-OH is 1. The highest BCUT2D eigenvalue weighted by Crippen LogP contribution is 2.16. The number of benzene rings is 2. The van der Waals surface area contributed by atoms with Gasteiger partial charge < -0.3 is 15.7 Å². The number of amides is 2. The first-order valence-electron chi connectivity index (χ1n) is 9.64. The largest absolute Gasteiger partial charge is 0.393 e. The Balaban J connectivity index is 1.57. The van der Waals surface area contributed by atoms with Gasteiger partial charge in [0.05, 0.1) is 23.9 Å². The molecule has 0 saturated carbocycles. The number of anilines is 1. The molecule has 0 aliphatic carbocycles. The second-order valence-corrected chi connectivity index (χ2v) is 7.27. The molecule has 6 nitrogen and oxygen atoms in total. The van der Waals surface area contributed by atoms with Crippen LogP contribution in [0.1, 0.15) is 34.3 Å². The van der Waals surface area contributed by atoms with E-state index in [1.807, 2.05) is 36.1 Å². The third kappa shape index (κ3) is 5.65. The molecule has 148 valence electrons. The zero-order chi connectivity index (χ0) is 19.9. The third-order valence-corrected chi connectivity index (χ3v) is 4.94. The van der Waals surface area contributed by atoms with Crippen LogP contribution in [0.4, 0.5) is 5.69 Å². The van der Waals surface area contributed by atoms with Crippen LogP contribution >= 0.6 is 0 Å². The Bertz CT molecular complexity index is 812. The van der Waals surface area contributed by atoms with E-state index in [0.29, 0.717) is 43.7 Å². The van der Waals surface area contributed by atoms with Crippen LogP contribution in [-0.2, 0) is 11.3 Å². The van der Waals surface area contributed by atoms with E-state index in [4.69, 9.17) is 0 Å². The smallest absolute Gasteiger partial charge is 0.253 e. The fraction of sp³-hybridized carbons (Fsp3) is 0.364. The van der Waals surface area contributed by atoms with Gasteiger partial charge in [0.25, 0.3) is 5.91 Å². The Morgan fingerprint density at radius 1 is 1.07 bits per heavy atom. The summed E-state index contributed by atoms with van der Waals surface area (Å²) in [5, 5.41) is 15.3. The van der Waals surface area contributed by atoms with Crippen molar-refractivity contribution in [3.8, 4) is 0 Å². The van der Waals surface area contributed by atoms with Crippen molar-refractivity contribution in [3.63, 3.8) is 0 Å². The molecule has 1 aliphatic rings. The van der Waals surface area contributed by atoms with Gasteiger partial charge in [-0.1, -0.05) is 42.0 Å². The van der Waals surface area contributed by atoms with E-state index in [2.05, 4.69) is 10.6 Å². The number of hydrogen-bond acceptors (Lipinski definition) is 4. The monoisotopic (exact) mass is 381 g/mol. The van der Waals surface area contributed by atoms with Crippen molar-refractivity contribution >= 4 is 17.5 Å². The van der Waals surface area contributed by atoms with Gasteiger partial charge in [-0.25, -0.2) is 0 Å². The van der Waals surface area contributed by atoms with E-state index in [1.54, 1.807) is 24.3 Å².